The van der Waals surface area contributed by atoms with Crippen molar-refractivity contribution in [2.24, 2.45) is 0 Å². The molecule has 0 saturated heterocycles. The van der Waals surface area contributed by atoms with Gasteiger partial charge in [0.1, 0.15) is 0 Å². The summed E-state index contributed by atoms with van der Waals surface area (Å²) in [6.45, 7) is 0. The van der Waals surface area contributed by atoms with Gasteiger partial charge in [0, 0.05) is 17.0 Å². The smallest absolute Gasteiger partial charge is 0.204 e. The maximum Gasteiger partial charge on any atom is 0.204 e. The standard InChI is InChI=1S/C9H6NO/c11-9-6-10-5-7-3-1-2-4-8(7)9/h1-6H. The topological polar surface area (TPSA) is 32.8 Å². The summed E-state index contributed by atoms with van der Waals surface area (Å²) in [5.41, 5.74) is 0. The van der Waals surface area contributed by atoms with Crippen LogP contribution in [0.4, 0.5) is 0 Å². The molecule has 1 aromatic carbocycles. The van der Waals surface area contributed by atoms with Crippen molar-refractivity contribution in [2.45, 2.75) is 0 Å². The number of hydrogen-bond acceptors (Lipinski definition) is 1. The highest BCUT2D eigenvalue weighted by atomic mass is 16.3. The summed E-state index contributed by atoms with van der Waals surface area (Å²) >= 11 is 0. The van der Waals surface area contributed by atoms with Crippen LogP contribution < -0.4 is 0 Å². The van der Waals surface area contributed by atoms with E-state index >= 15 is 0 Å². The summed E-state index contributed by atoms with van der Waals surface area (Å²) < 4.78 is 0. The van der Waals surface area contributed by atoms with Crippen LogP contribution >= 0.6 is 0 Å². The number of fused-ring (bicyclic) bond motifs is 1. The lowest BCUT2D eigenvalue weighted by Gasteiger charge is -1.94. The van der Waals surface area contributed by atoms with Crippen LogP contribution in [0.1, 0.15) is 0 Å². The lowest BCUT2D eigenvalue weighted by molar-refractivity contribution is 0.358. The normalized spacial score (nSPS) is 10.2. The van der Waals surface area contributed by atoms with Crippen molar-refractivity contribution in [1.82, 2.24) is 4.98 Å². The Morgan fingerprint density at radius 3 is 2.73 bits per heavy atom. The number of nitrogens with zero attached hydrogens (tertiary/aromatic N) is 1. The quantitative estimate of drug-likeness (QED) is 0.558. The molecule has 53 valence electrons. The molecule has 1 radical (unpaired) electrons. The number of pyridine rings is 1. The van der Waals surface area contributed by atoms with Gasteiger partial charge in [-0.05, 0) is 0 Å². The molecule has 0 saturated carbocycles. The van der Waals surface area contributed by atoms with E-state index in [0.717, 1.165) is 10.8 Å². The van der Waals surface area contributed by atoms with Gasteiger partial charge in [-0.1, -0.05) is 24.3 Å². The highest BCUT2D eigenvalue weighted by Crippen LogP contribution is 2.22. The van der Waals surface area contributed by atoms with E-state index in [0.29, 0.717) is 0 Å². The van der Waals surface area contributed by atoms with E-state index in [1.54, 1.807) is 12.3 Å². The maximum absolute atomic E-state index is 11.1. The zero-order valence-corrected chi connectivity index (χ0v) is 5.82. The van der Waals surface area contributed by atoms with Gasteiger partial charge >= 0.3 is 0 Å². The summed E-state index contributed by atoms with van der Waals surface area (Å²) in [6.07, 6.45) is 3.03. The molecular weight excluding hydrogens is 138 g/mol. The Hall–Kier alpha value is -1.57. The van der Waals surface area contributed by atoms with Crippen molar-refractivity contribution in [1.29, 1.82) is 0 Å². The van der Waals surface area contributed by atoms with Gasteiger partial charge in [-0.15, -0.1) is 0 Å². The molecule has 0 aliphatic heterocycles. The number of benzene rings is 1. The first-order valence-electron chi connectivity index (χ1n) is 3.38. The molecule has 0 spiro atoms. The first-order chi connectivity index (χ1) is 5.38. The first-order valence-corrected chi connectivity index (χ1v) is 3.38. The third kappa shape index (κ3) is 0.923. The first kappa shape index (κ1) is 6.16. The van der Waals surface area contributed by atoms with Gasteiger partial charge in [-0.25, -0.2) is 0 Å². The Balaban J connectivity index is 2.91. The van der Waals surface area contributed by atoms with E-state index in [1.807, 2.05) is 18.2 Å². The van der Waals surface area contributed by atoms with Crippen molar-refractivity contribution >= 4 is 10.8 Å². The molecule has 0 amide bonds. The van der Waals surface area contributed by atoms with E-state index in [1.165, 1.54) is 6.20 Å². The summed E-state index contributed by atoms with van der Waals surface area (Å²) in [6, 6.07) is 7.43. The predicted molar refractivity (Wildman–Crippen MR) is 41.9 cm³/mol. The minimum absolute atomic E-state index is 0.0110. The molecule has 0 unspecified atom stereocenters. The van der Waals surface area contributed by atoms with Crippen molar-refractivity contribution in [3.63, 3.8) is 0 Å². The maximum atomic E-state index is 11.1. The largest absolute Gasteiger partial charge is 0.288 e. The van der Waals surface area contributed by atoms with Crippen LogP contribution in [-0.2, 0) is 5.11 Å². The van der Waals surface area contributed by atoms with Crippen molar-refractivity contribution < 1.29 is 5.11 Å². The van der Waals surface area contributed by atoms with Crippen molar-refractivity contribution in [3.8, 4) is 5.75 Å². The number of rotatable bonds is 0. The van der Waals surface area contributed by atoms with Crippen LogP contribution in [0.15, 0.2) is 36.7 Å². The molecule has 0 aliphatic rings. The van der Waals surface area contributed by atoms with Crippen LogP contribution in [0.5, 0.6) is 5.75 Å². The molecule has 2 heteroatoms. The molecule has 1 aromatic heterocycles. The average Bonchev–Trinajstić information content (AvgIpc) is 2.06. The summed E-state index contributed by atoms with van der Waals surface area (Å²) in [5.74, 6) is -0.0110. The van der Waals surface area contributed by atoms with E-state index in [9.17, 15) is 5.11 Å². The SMILES string of the molecule is [O]c1cncc2ccccc12. The lowest BCUT2D eigenvalue weighted by Crippen LogP contribution is -1.74. The molecule has 2 aromatic rings. The Labute approximate surface area is 64.1 Å². The van der Waals surface area contributed by atoms with Gasteiger partial charge < -0.3 is 0 Å². The van der Waals surface area contributed by atoms with Gasteiger partial charge in [-0.3, -0.25) is 10.1 Å². The van der Waals surface area contributed by atoms with Gasteiger partial charge in [0.25, 0.3) is 0 Å². The summed E-state index contributed by atoms with van der Waals surface area (Å²) in [5, 5.41) is 12.8. The molecule has 1 heterocycles. The molecule has 2 rings (SSSR count). The van der Waals surface area contributed by atoms with E-state index in [2.05, 4.69) is 4.98 Å². The van der Waals surface area contributed by atoms with E-state index in [4.69, 9.17) is 0 Å². The van der Waals surface area contributed by atoms with Crippen LogP contribution in [0.25, 0.3) is 10.8 Å². The Kier molecular flexibility index (Phi) is 1.25. The highest BCUT2D eigenvalue weighted by molar-refractivity contribution is 5.86. The minimum Gasteiger partial charge on any atom is -0.288 e. The molecular formula is C9H6NO. The zero-order valence-electron chi connectivity index (χ0n) is 5.82. The monoisotopic (exact) mass is 144 g/mol. The molecule has 0 N–H and O–H groups in total. The lowest BCUT2D eigenvalue weighted by atomic mass is 10.2. The molecule has 0 fully saturated rings. The zero-order chi connectivity index (χ0) is 7.68. The Bertz CT molecular complexity index is 379. The average molecular weight is 144 g/mol. The second-order valence-electron chi connectivity index (χ2n) is 2.36. The van der Waals surface area contributed by atoms with Crippen molar-refractivity contribution in [3.05, 3.63) is 36.7 Å². The molecule has 0 bridgehead atoms. The molecule has 0 aliphatic carbocycles. The van der Waals surface area contributed by atoms with E-state index < -0.39 is 0 Å². The highest BCUT2D eigenvalue weighted by Gasteiger charge is 1.97. The van der Waals surface area contributed by atoms with Crippen LogP contribution in [-0.4, -0.2) is 4.98 Å². The molecule has 11 heavy (non-hydrogen) atoms. The van der Waals surface area contributed by atoms with E-state index in [-0.39, 0.29) is 5.75 Å². The third-order valence-corrected chi connectivity index (χ3v) is 1.63. The van der Waals surface area contributed by atoms with Crippen molar-refractivity contribution in [2.75, 3.05) is 0 Å². The fraction of sp³-hybridized carbons (Fsp3) is 0. The van der Waals surface area contributed by atoms with Gasteiger partial charge in [0.15, 0.2) is 0 Å². The third-order valence-electron chi connectivity index (χ3n) is 1.63. The van der Waals surface area contributed by atoms with Gasteiger partial charge in [-0.2, -0.15) is 0 Å². The fourth-order valence-corrected chi connectivity index (χ4v) is 1.09. The minimum atomic E-state index is -0.0110. The predicted octanol–water partition coefficient (Wildman–Crippen LogP) is 2.38. The van der Waals surface area contributed by atoms with Crippen LogP contribution in [0, 0.1) is 0 Å². The second kappa shape index (κ2) is 2.23. The number of hydrogen-bond donors (Lipinski definition) is 0. The van der Waals surface area contributed by atoms with Gasteiger partial charge in [0.2, 0.25) is 5.75 Å². The molecule has 0 atom stereocenters. The summed E-state index contributed by atoms with van der Waals surface area (Å²) in [4.78, 5) is 3.80. The fourth-order valence-electron chi connectivity index (χ4n) is 1.09. The van der Waals surface area contributed by atoms with Crippen LogP contribution in [0.2, 0.25) is 0 Å². The Morgan fingerprint density at radius 1 is 1.09 bits per heavy atom. The van der Waals surface area contributed by atoms with Gasteiger partial charge in [0.05, 0.1) is 6.20 Å². The number of aromatic nitrogens is 1. The second-order valence-corrected chi connectivity index (χ2v) is 2.36. The van der Waals surface area contributed by atoms with Crippen LogP contribution in [0.3, 0.4) is 0 Å². The molecule has 2 nitrogen and oxygen atoms in total. The summed E-state index contributed by atoms with van der Waals surface area (Å²) in [7, 11) is 0. The Morgan fingerprint density at radius 2 is 1.91 bits per heavy atom.